The van der Waals surface area contributed by atoms with E-state index in [-0.39, 0.29) is 5.41 Å². The smallest absolute Gasteiger partial charge is 0.114 e. The highest BCUT2D eigenvalue weighted by Gasteiger charge is 2.19. The van der Waals surface area contributed by atoms with Crippen LogP contribution in [0.3, 0.4) is 0 Å². The van der Waals surface area contributed by atoms with Crippen molar-refractivity contribution in [3.05, 3.63) is 30.1 Å². The molecular formula is C14H15N3. The molecule has 3 heterocycles. The second-order valence-corrected chi connectivity index (χ2v) is 5.08. The van der Waals surface area contributed by atoms with E-state index < -0.39 is 0 Å². The maximum Gasteiger partial charge on any atom is 0.114 e. The van der Waals surface area contributed by atoms with Crippen molar-refractivity contribution < 1.29 is 0 Å². The summed E-state index contributed by atoms with van der Waals surface area (Å²) in [5.74, 6) is 0. The number of hydrogen-bond donors (Lipinski definition) is 0. The molecule has 0 amide bonds. The van der Waals surface area contributed by atoms with Gasteiger partial charge in [-0.3, -0.25) is 9.98 Å². The zero-order valence-corrected chi connectivity index (χ0v) is 10.3. The number of aromatic nitrogens is 2. The molecule has 1 aliphatic heterocycles. The number of hydrogen-bond acceptors (Lipinski definition) is 2. The number of aliphatic imine (C=N–C) groups is 1. The highest BCUT2D eigenvalue weighted by atomic mass is 15.0. The summed E-state index contributed by atoms with van der Waals surface area (Å²) in [6.07, 6.45) is 8.13. The summed E-state index contributed by atoms with van der Waals surface area (Å²) >= 11 is 0. The molecule has 17 heavy (non-hydrogen) atoms. The molecule has 0 fully saturated rings. The Hall–Kier alpha value is -1.90. The van der Waals surface area contributed by atoms with Crippen LogP contribution in [0.25, 0.3) is 17.1 Å². The van der Waals surface area contributed by atoms with Crippen LogP contribution < -0.4 is 0 Å². The topological polar surface area (TPSA) is 30.2 Å². The van der Waals surface area contributed by atoms with Crippen molar-refractivity contribution in [2.45, 2.75) is 13.8 Å². The van der Waals surface area contributed by atoms with Gasteiger partial charge in [-0.25, -0.2) is 0 Å². The largest absolute Gasteiger partial charge is 0.341 e. The molecule has 86 valence electrons. The van der Waals surface area contributed by atoms with E-state index in [1.165, 1.54) is 0 Å². The van der Waals surface area contributed by atoms with Gasteiger partial charge in [0.2, 0.25) is 0 Å². The molecule has 1 aliphatic rings. The minimum absolute atomic E-state index is 0.000123. The van der Waals surface area contributed by atoms with Gasteiger partial charge < -0.3 is 4.57 Å². The summed E-state index contributed by atoms with van der Waals surface area (Å²) in [4.78, 5) is 9.05. The number of nitrogens with zero attached hydrogens (tertiary/aromatic N) is 3. The lowest BCUT2D eigenvalue weighted by Gasteiger charge is -2.10. The molecule has 0 saturated heterocycles. The van der Waals surface area contributed by atoms with Crippen molar-refractivity contribution in [2.75, 3.05) is 0 Å². The molecule has 0 bridgehead atoms. The Morgan fingerprint density at radius 1 is 1.29 bits per heavy atom. The van der Waals surface area contributed by atoms with Crippen LogP contribution in [-0.4, -0.2) is 15.8 Å². The van der Waals surface area contributed by atoms with Gasteiger partial charge in [0.1, 0.15) is 11.2 Å². The van der Waals surface area contributed by atoms with E-state index in [1.54, 1.807) is 0 Å². The van der Waals surface area contributed by atoms with Gasteiger partial charge in [0.25, 0.3) is 0 Å². The number of allylic oxidation sites excluding steroid dienone is 1. The van der Waals surface area contributed by atoms with Gasteiger partial charge >= 0.3 is 0 Å². The minimum atomic E-state index is 0.000123. The maximum absolute atomic E-state index is 4.62. The Kier molecular flexibility index (Phi) is 1.99. The van der Waals surface area contributed by atoms with Crippen LogP contribution in [0, 0.1) is 5.41 Å². The van der Waals surface area contributed by atoms with E-state index in [2.05, 4.69) is 53.7 Å². The predicted octanol–water partition coefficient (Wildman–Crippen LogP) is 3.33. The maximum atomic E-state index is 4.62. The normalized spacial score (nSPS) is 17.1. The summed E-state index contributed by atoms with van der Waals surface area (Å²) in [7, 11) is 2.06. The second-order valence-electron chi connectivity index (χ2n) is 5.08. The fourth-order valence-electron chi connectivity index (χ4n) is 2.15. The minimum Gasteiger partial charge on any atom is -0.341 e. The average molecular weight is 225 g/mol. The van der Waals surface area contributed by atoms with Crippen LogP contribution in [0.1, 0.15) is 19.5 Å². The van der Waals surface area contributed by atoms with Crippen molar-refractivity contribution in [1.82, 2.24) is 9.55 Å². The lowest BCUT2D eigenvalue weighted by Crippen LogP contribution is -2.07. The van der Waals surface area contributed by atoms with E-state index in [0.29, 0.717) is 0 Å². The first-order chi connectivity index (χ1) is 8.08. The van der Waals surface area contributed by atoms with Crippen molar-refractivity contribution >= 4 is 29.0 Å². The zero-order chi connectivity index (χ0) is 12.0. The third-order valence-corrected chi connectivity index (χ3v) is 3.17. The second kappa shape index (κ2) is 3.29. The average Bonchev–Trinajstić information content (AvgIpc) is 2.46. The Morgan fingerprint density at radius 3 is 2.94 bits per heavy atom. The highest BCUT2D eigenvalue weighted by Crippen LogP contribution is 2.35. The SMILES string of the molecule is Cn1c2c(c3ncccc31)N=CC(C)(C)C=C2. The van der Waals surface area contributed by atoms with Gasteiger partial charge in [0.05, 0.1) is 11.2 Å². The molecule has 3 heteroatoms. The Balaban J connectivity index is 2.37. The quantitative estimate of drug-likeness (QED) is 0.676. The van der Waals surface area contributed by atoms with Gasteiger partial charge in [-0.05, 0) is 18.2 Å². The lowest BCUT2D eigenvalue weighted by atomic mass is 9.95. The molecule has 0 unspecified atom stereocenters. The van der Waals surface area contributed by atoms with Gasteiger partial charge in [-0.2, -0.15) is 0 Å². The molecule has 0 aromatic carbocycles. The molecule has 2 aromatic rings. The standard InChI is InChI=1S/C14H15N3/c1-14(2)7-6-11-13(16-9-14)12-10(17(11)3)5-4-8-15-12/h4-9H,1-3H3. The van der Waals surface area contributed by atoms with Gasteiger partial charge in [-0.15, -0.1) is 0 Å². The molecule has 3 rings (SSSR count). The van der Waals surface area contributed by atoms with E-state index >= 15 is 0 Å². The monoisotopic (exact) mass is 225 g/mol. The lowest BCUT2D eigenvalue weighted by molar-refractivity contribution is 0.699. The van der Waals surface area contributed by atoms with E-state index in [0.717, 1.165) is 22.4 Å². The van der Waals surface area contributed by atoms with Gasteiger partial charge in [0, 0.05) is 24.9 Å². The van der Waals surface area contributed by atoms with Crippen molar-refractivity contribution in [1.29, 1.82) is 0 Å². The van der Waals surface area contributed by atoms with Crippen LogP contribution in [0.2, 0.25) is 0 Å². The van der Waals surface area contributed by atoms with Crippen LogP contribution >= 0.6 is 0 Å². The van der Waals surface area contributed by atoms with Crippen LogP contribution in [0.4, 0.5) is 5.69 Å². The molecular weight excluding hydrogens is 210 g/mol. The molecule has 3 nitrogen and oxygen atoms in total. The zero-order valence-electron chi connectivity index (χ0n) is 10.3. The molecule has 2 aromatic heterocycles. The fourth-order valence-corrected chi connectivity index (χ4v) is 2.15. The summed E-state index contributed by atoms with van der Waals surface area (Å²) < 4.78 is 2.15. The van der Waals surface area contributed by atoms with E-state index in [9.17, 15) is 0 Å². The van der Waals surface area contributed by atoms with Crippen molar-refractivity contribution in [3.8, 4) is 0 Å². The predicted molar refractivity (Wildman–Crippen MR) is 71.7 cm³/mol. The van der Waals surface area contributed by atoms with Crippen LogP contribution in [-0.2, 0) is 7.05 Å². The van der Waals surface area contributed by atoms with Crippen LogP contribution in [0.15, 0.2) is 29.4 Å². The molecule has 0 spiro atoms. The summed E-state index contributed by atoms with van der Waals surface area (Å²) in [5, 5.41) is 0. The number of fused-ring (bicyclic) bond motifs is 3. The molecule has 0 aliphatic carbocycles. The first-order valence-electron chi connectivity index (χ1n) is 5.76. The van der Waals surface area contributed by atoms with Crippen molar-refractivity contribution in [3.63, 3.8) is 0 Å². The molecule has 0 N–H and O–H groups in total. The van der Waals surface area contributed by atoms with Gasteiger partial charge in [-0.1, -0.05) is 19.9 Å². The Morgan fingerprint density at radius 2 is 2.12 bits per heavy atom. The number of aryl methyl sites for hydroxylation is 1. The summed E-state index contributed by atoms with van der Waals surface area (Å²) in [5.41, 5.74) is 4.20. The van der Waals surface area contributed by atoms with E-state index in [4.69, 9.17) is 0 Å². The molecule has 0 saturated carbocycles. The first kappa shape index (κ1) is 10.3. The Labute approximate surface area is 101 Å². The molecule has 0 radical (unpaired) electrons. The first-order valence-corrected chi connectivity index (χ1v) is 5.76. The molecule has 0 atom stereocenters. The third kappa shape index (κ3) is 1.50. The third-order valence-electron chi connectivity index (χ3n) is 3.17. The fraction of sp³-hybridized carbons (Fsp3) is 0.286. The van der Waals surface area contributed by atoms with Crippen molar-refractivity contribution in [2.24, 2.45) is 17.5 Å². The number of rotatable bonds is 0. The van der Waals surface area contributed by atoms with Gasteiger partial charge in [0.15, 0.2) is 0 Å². The highest BCUT2D eigenvalue weighted by molar-refractivity contribution is 5.96. The summed E-state index contributed by atoms with van der Waals surface area (Å²) in [6, 6.07) is 4.03. The Bertz CT molecular complexity index is 645. The number of pyridine rings is 1. The summed E-state index contributed by atoms with van der Waals surface area (Å²) in [6.45, 7) is 4.29. The van der Waals surface area contributed by atoms with E-state index in [1.807, 2.05) is 18.5 Å². The van der Waals surface area contributed by atoms with Crippen LogP contribution in [0.5, 0.6) is 0 Å².